The average Bonchev–Trinajstić information content (AvgIpc) is 3.03. The van der Waals surface area contributed by atoms with Gasteiger partial charge in [-0.25, -0.2) is 0 Å². The Hall–Kier alpha value is -0.350. The molecule has 2 saturated carbocycles. The second kappa shape index (κ2) is 5.80. The second-order valence-corrected chi connectivity index (χ2v) is 8.01. The first-order valence-corrected chi connectivity index (χ1v) is 8.83. The number of carbonyl (C=O) groups is 1. The maximum atomic E-state index is 12.6. The fourth-order valence-electron chi connectivity index (χ4n) is 3.90. The van der Waals surface area contributed by atoms with Crippen molar-refractivity contribution < 1.29 is 4.79 Å². The first kappa shape index (κ1) is 14.6. The van der Waals surface area contributed by atoms with Crippen LogP contribution >= 0.6 is 31.9 Å². The van der Waals surface area contributed by atoms with Crippen molar-refractivity contribution >= 4 is 37.8 Å². The van der Waals surface area contributed by atoms with Gasteiger partial charge in [0.2, 0.25) is 0 Å². The van der Waals surface area contributed by atoms with Crippen LogP contribution in [0.15, 0.2) is 27.1 Å². The maximum absolute atomic E-state index is 12.6. The van der Waals surface area contributed by atoms with E-state index in [2.05, 4.69) is 31.9 Å². The molecule has 0 radical (unpaired) electrons. The minimum Gasteiger partial charge on any atom is -0.341 e. The van der Waals surface area contributed by atoms with Gasteiger partial charge in [0, 0.05) is 22.5 Å². The highest BCUT2D eigenvalue weighted by molar-refractivity contribution is 9.11. The number of carbonyl (C=O) groups excluding carboxylic acids is 1. The van der Waals surface area contributed by atoms with Gasteiger partial charge in [0.05, 0.1) is 5.56 Å². The zero-order valence-corrected chi connectivity index (χ0v) is 14.8. The van der Waals surface area contributed by atoms with E-state index in [1.165, 1.54) is 25.7 Å². The topological polar surface area (TPSA) is 20.3 Å². The minimum absolute atomic E-state index is 0.112. The molecule has 0 spiro atoms. The van der Waals surface area contributed by atoms with Crippen LogP contribution < -0.4 is 0 Å². The molecule has 20 heavy (non-hydrogen) atoms. The van der Waals surface area contributed by atoms with Crippen LogP contribution in [0.5, 0.6) is 0 Å². The van der Waals surface area contributed by atoms with Crippen LogP contribution in [0.3, 0.4) is 0 Å². The van der Waals surface area contributed by atoms with Crippen molar-refractivity contribution in [3.8, 4) is 0 Å². The highest BCUT2D eigenvalue weighted by Crippen LogP contribution is 2.48. The SMILES string of the molecule is CN(CC1CC2CCC1C2)C(=O)c1cc(Br)ccc1Br. The lowest BCUT2D eigenvalue weighted by atomic mass is 9.88. The molecule has 0 saturated heterocycles. The van der Waals surface area contributed by atoms with Crippen LogP contribution in [0.25, 0.3) is 0 Å². The minimum atomic E-state index is 0.112. The Kier molecular flexibility index (Phi) is 4.23. The predicted molar refractivity (Wildman–Crippen MR) is 87.7 cm³/mol. The van der Waals surface area contributed by atoms with Gasteiger partial charge in [0.15, 0.2) is 0 Å². The third-order valence-electron chi connectivity index (χ3n) is 4.90. The highest BCUT2D eigenvalue weighted by atomic mass is 79.9. The average molecular weight is 401 g/mol. The fraction of sp³-hybridized carbons (Fsp3) is 0.562. The first-order chi connectivity index (χ1) is 9.54. The number of benzene rings is 1. The Labute approximate surface area is 137 Å². The van der Waals surface area contributed by atoms with Gasteiger partial charge in [0.1, 0.15) is 0 Å². The molecule has 3 unspecified atom stereocenters. The van der Waals surface area contributed by atoms with Crippen molar-refractivity contribution in [2.24, 2.45) is 17.8 Å². The third-order valence-corrected chi connectivity index (χ3v) is 6.08. The van der Waals surface area contributed by atoms with Crippen molar-refractivity contribution in [1.29, 1.82) is 0 Å². The summed E-state index contributed by atoms with van der Waals surface area (Å²) in [5.41, 5.74) is 0.741. The molecule has 1 aromatic carbocycles. The Bertz CT molecular complexity index is 531. The van der Waals surface area contributed by atoms with Gasteiger partial charge in [-0.3, -0.25) is 4.79 Å². The van der Waals surface area contributed by atoms with Gasteiger partial charge in [-0.1, -0.05) is 22.4 Å². The molecule has 1 amide bonds. The van der Waals surface area contributed by atoms with Crippen LogP contribution in [-0.4, -0.2) is 24.4 Å². The molecule has 2 bridgehead atoms. The lowest BCUT2D eigenvalue weighted by Crippen LogP contribution is -2.34. The number of amides is 1. The molecular weight excluding hydrogens is 382 g/mol. The van der Waals surface area contributed by atoms with Crippen molar-refractivity contribution in [2.75, 3.05) is 13.6 Å². The van der Waals surface area contributed by atoms with E-state index in [1.807, 2.05) is 30.1 Å². The Morgan fingerprint density at radius 2 is 2.10 bits per heavy atom. The van der Waals surface area contributed by atoms with Crippen LogP contribution in [0.2, 0.25) is 0 Å². The standard InChI is InChI=1S/C16H19Br2NO/c1-19(9-12-7-10-2-3-11(12)6-10)16(20)14-8-13(17)4-5-15(14)18/h4-5,8,10-12H,2-3,6-7,9H2,1H3. The summed E-state index contributed by atoms with van der Waals surface area (Å²) in [6.07, 6.45) is 5.50. The predicted octanol–water partition coefficient (Wildman–Crippen LogP) is 4.72. The summed E-state index contributed by atoms with van der Waals surface area (Å²) in [6, 6.07) is 5.75. The molecule has 0 N–H and O–H groups in total. The Balaban J connectivity index is 1.69. The monoisotopic (exact) mass is 399 g/mol. The van der Waals surface area contributed by atoms with Gasteiger partial charge in [-0.2, -0.15) is 0 Å². The molecule has 0 aliphatic heterocycles. The molecule has 3 atom stereocenters. The van der Waals surface area contributed by atoms with E-state index in [4.69, 9.17) is 0 Å². The van der Waals surface area contributed by atoms with Crippen LogP contribution in [-0.2, 0) is 0 Å². The summed E-state index contributed by atoms with van der Waals surface area (Å²) >= 11 is 6.91. The van der Waals surface area contributed by atoms with E-state index in [9.17, 15) is 4.79 Å². The van der Waals surface area contributed by atoms with E-state index in [1.54, 1.807) is 0 Å². The van der Waals surface area contributed by atoms with Crippen molar-refractivity contribution in [3.05, 3.63) is 32.7 Å². The Morgan fingerprint density at radius 1 is 1.30 bits per heavy atom. The molecule has 108 valence electrons. The van der Waals surface area contributed by atoms with Gasteiger partial charge >= 0.3 is 0 Å². The second-order valence-electron chi connectivity index (χ2n) is 6.24. The fourth-order valence-corrected chi connectivity index (χ4v) is 4.68. The molecule has 1 aromatic rings. The number of nitrogens with zero attached hydrogens (tertiary/aromatic N) is 1. The number of fused-ring (bicyclic) bond motifs is 2. The molecule has 2 aliphatic carbocycles. The maximum Gasteiger partial charge on any atom is 0.254 e. The summed E-state index contributed by atoms with van der Waals surface area (Å²) in [5.74, 6) is 2.63. The zero-order chi connectivity index (χ0) is 14.3. The van der Waals surface area contributed by atoms with E-state index >= 15 is 0 Å². The van der Waals surface area contributed by atoms with Gasteiger partial charge in [0.25, 0.3) is 5.91 Å². The number of hydrogen-bond donors (Lipinski definition) is 0. The van der Waals surface area contributed by atoms with Crippen molar-refractivity contribution in [2.45, 2.75) is 25.7 Å². The summed E-state index contributed by atoms with van der Waals surface area (Å²) < 4.78 is 1.81. The van der Waals surface area contributed by atoms with Gasteiger partial charge in [-0.05, 0) is 71.1 Å². The zero-order valence-electron chi connectivity index (χ0n) is 11.6. The lowest BCUT2D eigenvalue weighted by Gasteiger charge is -2.27. The molecule has 4 heteroatoms. The number of halogens is 2. The summed E-state index contributed by atoms with van der Waals surface area (Å²) in [7, 11) is 1.93. The van der Waals surface area contributed by atoms with Gasteiger partial charge in [-0.15, -0.1) is 0 Å². The summed E-state index contributed by atoms with van der Waals surface area (Å²) in [5, 5.41) is 0. The summed E-state index contributed by atoms with van der Waals surface area (Å²) in [6.45, 7) is 0.902. The number of hydrogen-bond acceptors (Lipinski definition) is 1. The van der Waals surface area contributed by atoms with E-state index in [0.717, 1.165) is 32.9 Å². The molecule has 0 heterocycles. The molecular formula is C16H19Br2NO. The first-order valence-electron chi connectivity index (χ1n) is 7.25. The quantitative estimate of drug-likeness (QED) is 0.718. The molecule has 2 aliphatic rings. The largest absolute Gasteiger partial charge is 0.341 e. The smallest absolute Gasteiger partial charge is 0.254 e. The van der Waals surface area contributed by atoms with E-state index in [-0.39, 0.29) is 5.91 Å². The third kappa shape index (κ3) is 2.82. The van der Waals surface area contributed by atoms with E-state index < -0.39 is 0 Å². The van der Waals surface area contributed by atoms with E-state index in [0.29, 0.717) is 5.92 Å². The Morgan fingerprint density at radius 3 is 2.75 bits per heavy atom. The van der Waals surface area contributed by atoms with Crippen LogP contribution in [0, 0.1) is 17.8 Å². The lowest BCUT2D eigenvalue weighted by molar-refractivity contribution is 0.0753. The normalized spacial score (nSPS) is 27.9. The number of rotatable bonds is 3. The van der Waals surface area contributed by atoms with Crippen molar-refractivity contribution in [1.82, 2.24) is 4.90 Å². The highest BCUT2D eigenvalue weighted by Gasteiger charge is 2.40. The molecule has 2 nitrogen and oxygen atoms in total. The summed E-state index contributed by atoms with van der Waals surface area (Å²) in [4.78, 5) is 14.5. The molecule has 3 rings (SSSR count). The molecule has 2 fully saturated rings. The van der Waals surface area contributed by atoms with Gasteiger partial charge < -0.3 is 4.90 Å². The van der Waals surface area contributed by atoms with Crippen LogP contribution in [0.4, 0.5) is 0 Å². The van der Waals surface area contributed by atoms with Crippen LogP contribution in [0.1, 0.15) is 36.0 Å². The van der Waals surface area contributed by atoms with Crippen molar-refractivity contribution in [3.63, 3.8) is 0 Å². The molecule has 0 aromatic heterocycles.